The second kappa shape index (κ2) is 8.73. The number of halogens is 2. The summed E-state index contributed by atoms with van der Waals surface area (Å²) in [7, 11) is 0. The molecular weight excluding hydrogens is 403 g/mol. The highest BCUT2D eigenvalue weighted by atomic mass is 35.5. The fraction of sp³-hybridized carbons (Fsp3) is 0.111. The Labute approximate surface area is 170 Å². The van der Waals surface area contributed by atoms with Crippen molar-refractivity contribution in [3.63, 3.8) is 0 Å². The van der Waals surface area contributed by atoms with Gasteiger partial charge in [0.05, 0.1) is 17.1 Å². The van der Waals surface area contributed by atoms with Gasteiger partial charge in [-0.15, -0.1) is 0 Å². The number of benzene rings is 2. The van der Waals surface area contributed by atoms with Gasteiger partial charge in [-0.25, -0.2) is 4.99 Å². The maximum atomic E-state index is 12.2. The normalized spacial score (nSPS) is 16.4. The van der Waals surface area contributed by atoms with Gasteiger partial charge in [0, 0.05) is 10.7 Å². The number of nitrogens with two attached hydrogens (primary N) is 1. The Morgan fingerprint density at radius 2 is 1.93 bits per heavy atom. The van der Waals surface area contributed by atoms with E-state index in [-0.39, 0.29) is 18.3 Å². The van der Waals surface area contributed by atoms with Gasteiger partial charge in [-0.1, -0.05) is 41.4 Å². The van der Waals surface area contributed by atoms with Gasteiger partial charge in [0.2, 0.25) is 17.8 Å². The molecule has 0 aromatic heterocycles. The molecule has 8 nitrogen and oxygen atoms in total. The van der Waals surface area contributed by atoms with Crippen LogP contribution in [0.2, 0.25) is 10.0 Å². The van der Waals surface area contributed by atoms with E-state index in [9.17, 15) is 9.59 Å². The van der Waals surface area contributed by atoms with Gasteiger partial charge in [0.15, 0.2) is 0 Å². The van der Waals surface area contributed by atoms with Crippen LogP contribution >= 0.6 is 23.2 Å². The largest absolute Gasteiger partial charge is 0.369 e. The second-order valence-electron chi connectivity index (χ2n) is 5.82. The van der Waals surface area contributed by atoms with E-state index in [4.69, 9.17) is 28.9 Å². The molecule has 0 aliphatic carbocycles. The molecule has 1 aliphatic heterocycles. The smallest absolute Gasteiger partial charge is 0.252 e. The summed E-state index contributed by atoms with van der Waals surface area (Å²) in [6, 6.07) is 12.9. The van der Waals surface area contributed by atoms with E-state index in [2.05, 4.69) is 25.9 Å². The average molecular weight is 419 g/mol. The summed E-state index contributed by atoms with van der Waals surface area (Å²) in [5, 5.41) is 8.73. The van der Waals surface area contributed by atoms with Crippen molar-refractivity contribution in [1.82, 2.24) is 5.32 Å². The maximum Gasteiger partial charge on any atom is 0.252 e. The zero-order chi connectivity index (χ0) is 20.1. The number of nitrogens with zero attached hydrogens (tertiary/aromatic N) is 2. The summed E-state index contributed by atoms with van der Waals surface area (Å²) >= 11 is 11.9. The molecule has 0 bridgehead atoms. The molecule has 1 heterocycles. The van der Waals surface area contributed by atoms with Crippen LogP contribution < -0.4 is 21.7 Å². The van der Waals surface area contributed by atoms with E-state index >= 15 is 0 Å². The second-order valence-corrected chi connectivity index (χ2v) is 6.67. The molecule has 1 atom stereocenters. The number of carbonyl (C=O) groups excluding carboxylic acids is 2. The van der Waals surface area contributed by atoms with Gasteiger partial charge in [0.1, 0.15) is 6.04 Å². The van der Waals surface area contributed by atoms with Crippen LogP contribution in [0.4, 0.5) is 11.4 Å². The molecule has 28 heavy (non-hydrogen) atoms. The van der Waals surface area contributed by atoms with E-state index in [0.29, 0.717) is 15.7 Å². The number of para-hydroxylation sites is 1. The Morgan fingerprint density at radius 1 is 1.18 bits per heavy atom. The molecule has 2 aromatic carbocycles. The zero-order valence-electron chi connectivity index (χ0n) is 14.4. The van der Waals surface area contributed by atoms with Crippen molar-refractivity contribution >= 4 is 58.3 Å². The van der Waals surface area contributed by atoms with E-state index in [1.807, 2.05) is 30.3 Å². The lowest BCUT2D eigenvalue weighted by Crippen LogP contribution is -2.32. The van der Waals surface area contributed by atoms with Crippen molar-refractivity contribution in [2.75, 3.05) is 10.6 Å². The van der Waals surface area contributed by atoms with Gasteiger partial charge in [-0.2, -0.15) is 4.99 Å². The highest BCUT2D eigenvalue weighted by Gasteiger charge is 2.28. The van der Waals surface area contributed by atoms with Crippen molar-refractivity contribution in [3.8, 4) is 0 Å². The molecule has 10 heteroatoms. The first-order chi connectivity index (χ1) is 13.4. The quantitative estimate of drug-likeness (QED) is 0.450. The van der Waals surface area contributed by atoms with Crippen LogP contribution in [0.3, 0.4) is 0 Å². The molecule has 0 fully saturated rings. The molecule has 2 aromatic rings. The topological polar surface area (TPSA) is 121 Å². The number of aliphatic imine (C=N–C) groups is 2. The van der Waals surface area contributed by atoms with Gasteiger partial charge in [-0.3, -0.25) is 14.9 Å². The molecule has 1 unspecified atom stereocenters. The lowest BCUT2D eigenvalue weighted by atomic mass is 10.2. The van der Waals surface area contributed by atoms with Crippen molar-refractivity contribution in [3.05, 3.63) is 58.6 Å². The van der Waals surface area contributed by atoms with Crippen molar-refractivity contribution in [2.24, 2.45) is 15.7 Å². The highest BCUT2D eigenvalue weighted by Crippen LogP contribution is 2.25. The monoisotopic (exact) mass is 418 g/mol. The van der Waals surface area contributed by atoms with Crippen LogP contribution in [0.5, 0.6) is 0 Å². The maximum absolute atomic E-state index is 12.2. The first-order valence-electron chi connectivity index (χ1n) is 8.20. The van der Waals surface area contributed by atoms with E-state index in [0.717, 1.165) is 5.69 Å². The summed E-state index contributed by atoms with van der Waals surface area (Å²) in [5.74, 6) is -0.794. The number of anilines is 2. The lowest BCUT2D eigenvalue weighted by Gasteiger charge is -2.08. The number of rotatable bonds is 4. The summed E-state index contributed by atoms with van der Waals surface area (Å²) in [4.78, 5) is 32.4. The fourth-order valence-electron chi connectivity index (χ4n) is 2.41. The highest BCUT2D eigenvalue weighted by molar-refractivity contribution is 6.35. The van der Waals surface area contributed by atoms with Crippen molar-refractivity contribution in [2.45, 2.75) is 12.5 Å². The van der Waals surface area contributed by atoms with Crippen LogP contribution in [-0.4, -0.2) is 29.8 Å². The first kappa shape index (κ1) is 19.7. The average Bonchev–Trinajstić information content (AvgIpc) is 2.97. The molecular formula is C18H16Cl2N6O2. The van der Waals surface area contributed by atoms with Gasteiger partial charge in [-0.05, 0) is 30.3 Å². The van der Waals surface area contributed by atoms with Gasteiger partial charge >= 0.3 is 0 Å². The third-order valence-corrected chi connectivity index (χ3v) is 4.23. The number of guanidine groups is 2. The van der Waals surface area contributed by atoms with Crippen molar-refractivity contribution < 1.29 is 9.59 Å². The molecule has 144 valence electrons. The summed E-state index contributed by atoms with van der Waals surface area (Å²) in [6.45, 7) is 0. The third kappa shape index (κ3) is 5.21. The van der Waals surface area contributed by atoms with E-state index in [1.54, 1.807) is 12.1 Å². The molecule has 0 spiro atoms. The Morgan fingerprint density at radius 3 is 2.68 bits per heavy atom. The standard InChI is InChI=1S/C18H16Cl2N6O2/c19-10-6-7-12(20)13(8-10)23-15(27)9-14-16(28)25-18(24-14)26-17(21)22-11-4-2-1-3-5-11/h1-8,14H,9H2,(H,23,27)(H4,21,22,24,25,26,28). The van der Waals surface area contributed by atoms with Crippen LogP contribution in [0.25, 0.3) is 0 Å². The number of nitrogens with one attached hydrogen (secondary N) is 3. The van der Waals surface area contributed by atoms with Crippen LogP contribution in [0.1, 0.15) is 6.42 Å². The summed E-state index contributed by atoms with van der Waals surface area (Å²) < 4.78 is 0. The molecule has 3 rings (SSSR count). The lowest BCUT2D eigenvalue weighted by molar-refractivity contribution is -0.123. The summed E-state index contributed by atoms with van der Waals surface area (Å²) in [6.07, 6.45) is -0.181. The molecule has 2 amide bonds. The van der Waals surface area contributed by atoms with Crippen LogP contribution in [0, 0.1) is 0 Å². The van der Waals surface area contributed by atoms with Crippen LogP contribution in [0.15, 0.2) is 58.5 Å². The molecule has 0 saturated carbocycles. The minimum Gasteiger partial charge on any atom is -0.369 e. The first-order valence-corrected chi connectivity index (χ1v) is 8.96. The van der Waals surface area contributed by atoms with Crippen molar-refractivity contribution in [1.29, 1.82) is 0 Å². The molecule has 5 N–H and O–H groups in total. The number of carbonyl (C=O) groups is 2. The SMILES string of the molecule is N/C(=N\C1=NC(CC(=O)Nc2cc(Cl)ccc2Cl)C(=O)N1)Nc1ccccc1. The van der Waals surface area contributed by atoms with E-state index in [1.165, 1.54) is 6.07 Å². The number of hydrogen-bond donors (Lipinski definition) is 4. The minimum atomic E-state index is -0.916. The molecule has 0 saturated heterocycles. The fourth-order valence-corrected chi connectivity index (χ4v) is 2.75. The van der Waals surface area contributed by atoms with Gasteiger partial charge in [0.25, 0.3) is 5.91 Å². The minimum absolute atomic E-state index is 0.0320. The Bertz CT molecular complexity index is 962. The Hall–Kier alpha value is -3.10. The van der Waals surface area contributed by atoms with E-state index < -0.39 is 17.9 Å². The Kier molecular flexibility index (Phi) is 6.13. The summed E-state index contributed by atoms with van der Waals surface area (Å²) in [5.41, 5.74) is 6.91. The third-order valence-electron chi connectivity index (χ3n) is 3.67. The number of amides is 2. The predicted molar refractivity (Wildman–Crippen MR) is 111 cm³/mol. The van der Waals surface area contributed by atoms with Crippen LogP contribution in [-0.2, 0) is 9.59 Å². The zero-order valence-corrected chi connectivity index (χ0v) is 16.0. The molecule has 1 aliphatic rings. The number of hydrogen-bond acceptors (Lipinski definition) is 4. The van der Waals surface area contributed by atoms with Gasteiger partial charge < -0.3 is 16.4 Å². The molecule has 0 radical (unpaired) electrons. The Balaban J connectivity index is 1.62. The predicted octanol–water partition coefficient (Wildman–Crippen LogP) is 2.60.